The molecule has 40 heavy (non-hydrogen) atoms. The van der Waals surface area contributed by atoms with Crippen LogP contribution < -0.4 is 10.9 Å². The van der Waals surface area contributed by atoms with Crippen LogP contribution in [-0.2, 0) is 0 Å². The number of rotatable bonds is 6. The average Bonchev–Trinajstić information content (AvgIpc) is 2.96. The summed E-state index contributed by atoms with van der Waals surface area (Å²) in [4.78, 5) is 9.54. The van der Waals surface area contributed by atoms with Crippen molar-refractivity contribution < 1.29 is 0 Å². The van der Waals surface area contributed by atoms with E-state index >= 15 is 0 Å². The van der Waals surface area contributed by atoms with Gasteiger partial charge in [-0.25, -0.2) is 9.98 Å². The molecule has 0 amide bonds. The molecule has 6 nitrogen and oxygen atoms in total. The zero-order valence-corrected chi connectivity index (χ0v) is 26.6. The van der Waals surface area contributed by atoms with Crippen molar-refractivity contribution in [3.8, 4) is 0 Å². The van der Waals surface area contributed by atoms with Gasteiger partial charge in [0.2, 0.25) is 0 Å². The third-order valence-corrected chi connectivity index (χ3v) is 8.24. The Balaban J connectivity index is 1.53. The molecule has 0 aliphatic carbocycles. The first-order chi connectivity index (χ1) is 19.4. The fourth-order valence-corrected chi connectivity index (χ4v) is 5.17. The van der Waals surface area contributed by atoms with Gasteiger partial charge in [-0.05, 0) is 95.1 Å². The fourth-order valence-electron chi connectivity index (χ4n) is 3.10. The maximum absolute atomic E-state index is 4.77. The van der Waals surface area contributed by atoms with Crippen molar-refractivity contribution >= 4 is 87.6 Å². The summed E-state index contributed by atoms with van der Waals surface area (Å²) in [7, 11) is 2.80. The number of halogens is 2. The van der Waals surface area contributed by atoms with Crippen LogP contribution in [-0.4, -0.2) is 22.8 Å². The van der Waals surface area contributed by atoms with Crippen molar-refractivity contribution in [3.05, 3.63) is 128 Å². The Morgan fingerprint density at radius 3 is 1.25 bits per heavy atom. The second-order valence-electron chi connectivity index (χ2n) is 8.51. The summed E-state index contributed by atoms with van der Waals surface area (Å²) in [5.74, 6) is 0. The molecule has 202 valence electrons. The van der Waals surface area contributed by atoms with Crippen molar-refractivity contribution in [3.63, 3.8) is 0 Å². The molecule has 0 saturated carbocycles. The molecule has 2 N–H and O–H groups in total. The van der Waals surface area contributed by atoms with Gasteiger partial charge in [-0.2, -0.15) is 10.2 Å². The summed E-state index contributed by atoms with van der Waals surface area (Å²) in [6, 6.07) is 31.8. The van der Waals surface area contributed by atoms with E-state index in [0.717, 1.165) is 31.4 Å². The van der Waals surface area contributed by atoms with E-state index in [0.29, 0.717) is 10.3 Å². The number of hydrogen-bond acceptors (Lipinski definition) is 6. The zero-order valence-electron chi connectivity index (χ0n) is 21.8. The van der Waals surface area contributed by atoms with E-state index < -0.39 is 0 Å². The molecule has 0 bridgehead atoms. The third kappa shape index (κ3) is 10.4. The molecule has 0 radical (unpaired) electrons. The monoisotopic (exact) mass is 692 g/mol. The first-order valence-electron chi connectivity index (χ1n) is 12.2. The third-order valence-electron chi connectivity index (χ3n) is 5.22. The predicted octanol–water partition coefficient (Wildman–Crippen LogP) is 9.13. The molecule has 4 rings (SSSR count). The van der Waals surface area contributed by atoms with Crippen LogP contribution >= 0.6 is 53.4 Å². The number of nitrogens with zero attached hydrogens (tertiary/aromatic N) is 4. The van der Waals surface area contributed by atoms with Crippen molar-refractivity contribution in [2.24, 2.45) is 20.2 Å². The van der Waals surface area contributed by atoms with E-state index in [9.17, 15) is 0 Å². The minimum Gasteiger partial charge on any atom is -0.255 e. The quantitative estimate of drug-likeness (QED) is 0.0915. The van der Waals surface area contributed by atoms with Gasteiger partial charge in [-0.3, -0.25) is 10.9 Å². The Labute approximate surface area is 259 Å². The first kappa shape index (κ1) is 29.8. The average molecular weight is 695 g/mol. The summed E-state index contributed by atoms with van der Waals surface area (Å²) >= 11 is 6.92. The highest BCUT2D eigenvalue weighted by Crippen LogP contribution is 2.27. The molecule has 0 unspecified atom stereocenters. The first-order valence-corrected chi connectivity index (χ1v) is 15.9. The molecular weight excluding hydrogens is 668 g/mol. The summed E-state index contributed by atoms with van der Waals surface area (Å²) in [6.07, 6.45) is 3.51. The molecule has 0 aliphatic rings. The highest BCUT2D eigenvalue weighted by atomic mass is 79.9. The van der Waals surface area contributed by atoms with E-state index in [-0.39, 0.29) is 0 Å². The summed E-state index contributed by atoms with van der Waals surface area (Å²) < 4.78 is 2.03. The molecule has 0 aromatic heterocycles. The highest BCUT2D eigenvalue weighted by Gasteiger charge is 2.07. The lowest BCUT2D eigenvalue weighted by molar-refractivity contribution is 1.05. The lowest BCUT2D eigenvalue weighted by Crippen LogP contribution is -2.16. The van der Waals surface area contributed by atoms with E-state index in [1.54, 1.807) is 12.4 Å². The normalized spacial score (nSPS) is 12.3. The van der Waals surface area contributed by atoms with E-state index in [1.807, 2.05) is 111 Å². The predicted molar refractivity (Wildman–Crippen MR) is 181 cm³/mol. The van der Waals surface area contributed by atoms with Crippen LogP contribution in [0.4, 0.5) is 11.4 Å². The van der Waals surface area contributed by atoms with Gasteiger partial charge < -0.3 is 0 Å². The zero-order chi connectivity index (χ0) is 28.2. The molecule has 0 fully saturated rings. The molecule has 0 saturated heterocycles. The molecule has 10 heteroatoms. The Hall–Kier alpha value is -3.18. The van der Waals surface area contributed by atoms with E-state index in [4.69, 9.17) is 9.98 Å². The molecule has 0 heterocycles. The van der Waals surface area contributed by atoms with Crippen molar-refractivity contribution in [2.75, 3.05) is 0 Å². The Morgan fingerprint density at radius 2 is 0.900 bits per heavy atom. The number of amidine groups is 2. The number of hydrazone groups is 2. The molecule has 4 aromatic carbocycles. The number of nitrogens with one attached hydrogen (secondary N) is 2. The van der Waals surface area contributed by atoms with Crippen LogP contribution in [0.2, 0.25) is 0 Å². The van der Waals surface area contributed by atoms with Crippen molar-refractivity contribution in [1.29, 1.82) is 0 Å². The molecule has 4 aromatic rings. The van der Waals surface area contributed by atoms with Gasteiger partial charge in [-0.15, -0.1) is 0 Å². The lowest BCUT2D eigenvalue weighted by Gasteiger charge is -2.08. The largest absolute Gasteiger partial charge is 0.255 e. The maximum Gasteiger partial charge on any atom is 0.193 e. The van der Waals surface area contributed by atoms with Crippen LogP contribution in [0.1, 0.15) is 22.3 Å². The van der Waals surface area contributed by atoms with Crippen molar-refractivity contribution in [2.45, 2.75) is 13.8 Å². The Kier molecular flexibility index (Phi) is 11.6. The van der Waals surface area contributed by atoms with Crippen LogP contribution in [0.5, 0.6) is 0 Å². The van der Waals surface area contributed by atoms with Gasteiger partial charge in [0.1, 0.15) is 0 Å². The number of hydrogen-bond donors (Lipinski definition) is 2. The molecule has 0 aliphatic heterocycles. The molecule has 0 atom stereocenters. The van der Waals surface area contributed by atoms with Gasteiger partial charge >= 0.3 is 0 Å². The van der Waals surface area contributed by atoms with Gasteiger partial charge in [0.15, 0.2) is 10.3 Å². The second-order valence-corrected chi connectivity index (χ2v) is 12.5. The van der Waals surface area contributed by atoms with E-state index in [2.05, 4.69) is 52.9 Å². The summed E-state index contributed by atoms with van der Waals surface area (Å²) in [5.41, 5.74) is 12.1. The van der Waals surface area contributed by atoms with E-state index in [1.165, 1.54) is 32.7 Å². The minimum atomic E-state index is 0.595. The lowest BCUT2D eigenvalue weighted by atomic mass is 10.2. The standard InChI is InChI=1S/C30H26Br2N6S2/c1-21-3-15-27(16-4-21)35-29(37-33-19-23-7-11-25(31)12-8-23)39-40-30(36-28-17-5-22(2)6-18-28)38-34-20-24-9-13-26(32)14-10-24/h3-20H,1-2H3,(H,35,37)(H,36,38)/b33-19+,34-20+. The number of benzene rings is 4. The van der Waals surface area contributed by atoms with Gasteiger partial charge in [0.25, 0.3) is 0 Å². The van der Waals surface area contributed by atoms with Crippen LogP contribution in [0.15, 0.2) is 126 Å². The van der Waals surface area contributed by atoms with Crippen molar-refractivity contribution in [1.82, 2.24) is 10.9 Å². The summed E-state index contributed by atoms with van der Waals surface area (Å²) in [6.45, 7) is 4.10. The van der Waals surface area contributed by atoms with Crippen LogP contribution in [0.25, 0.3) is 0 Å². The highest BCUT2D eigenvalue weighted by molar-refractivity contribution is 9.10. The molecule has 0 spiro atoms. The molecular formula is C30H26Br2N6S2. The second kappa shape index (κ2) is 15.6. The van der Waals surface area contributed by atoms with Crippen LogP contribution in [0, 0.1) is 13.8 Å². The van der Waals surface area contributed by atoms with Gasteiger partial charge in [-0.1, -0.05) is 91.5 Å². The van der Waals surface area contributed by atoms with Crippen LogP contribution in [0.3, 0.4) is 0 Å². The fraction of sp³-hybridized carbons (Fsp3) is 0.0667. The number of aryl methyl sites for hydroxylation is 2. The minimum absolute atomic E-state index is 0.595. The number of aliphatic imine (C=N–C) groups is 2. The smallest absolute Gasteiger partial charge is 0.193 e. The summed E-state index contributed by atoms with van der Waals surface area (Å²) in [5, 5.41) is 10.0. The topological polar surface area (TPSA) is 73.5 Å². The SMILES string of the molecule is Cc1ccc(N=C(N/N=C/c2ccc(Br)cc2)SSC(=Nc2ccc(C)cc2)N/N=C/c2ccc(Br)cc2)cc1. The Morgan fingerprint density at radius 1 is 0.550 bits per heavy atom. The van der Waals surface area contributed by atoms with Gasteiger partial charge in [0, 0.05) is 8.95 Å². The Bertz CT molecular complexity index is 1380. The maximum atomic E-state index is 4.77. The van der Waals surface area contributed by atoms with Gasteiger partial charge in [0.05, 0.1) is 23.8 Å².